The van der Waals surface area contributed by atoms with Gasteiger partial charge in [-0.25, -0.2) is 18.2 Å². The highest BCUT2D eigenvalue weighted by atomic mass is 32.2. The Morgan fingerprint density at radius 1 is 1.08 bits per heavy atom. The van der Waals surface area contributed by atoms with E-state index in [1.165, 1.54) is 24.3 Å². The molecule has 0 unspecified atom stereocenters. The minimum Gasteiger partial charge on any atom is -0.444 e. The Labute approximate surface area is 211 Å². The molecule has 1 aromatic carbocycles. The van der Waals surface area contributed by atoms with Crippen LogP contribution < -0.4 is 4.90 Å². The minimum atomic E-state index is -4.65. The summed E-state index contributed by atoms with van der Waals surface area (Å²) in [6.07, 6.45) is -3.47. The van der Waals surface area contributed by atoms with Crippen molar-refractivity contribution < 1.29 is 31.1 Å². The summed E-state index contributed by atoms with van der Waals surface area (Å²) in [5, 5.41) is 0.607. The number of nitrogens with zero attached hydrogens (tertiary/aromatic N) is 3. The smallest absolute Gasteiger partial charge is 0.416 e. The van der Waals surface area contributed by atoms with Crippen LogP contribution in [0, 0.1) is 0 Å². The van der Waals surface area contributed by atoms with Crippen molar-refractivity contribution in [1.29, 1.82) is 0 Å². The predicted molar refractivity (Wildman–Crippen MR) is 132 cm³/mol. The minimum absolute atomic E-state index is 0.0175. The molecule has 1 amide bonds. The number of hydrogen-bond donors (Lipinski definition) is 0. The van der Waals surface area contributed by atoms with Gasteiger partial charge in [-0.05, 0) is 44.5 Å². The maximum atomic E-state index is 13.4. The number of hydrogen-bond acceptors (Lipinski definition) is 7. The van der Waals surface area contributed by atoms with Gasteiger partial charge in [-0.2, -0.15) is 13.2 Å². The molecule has 12 heteroatoms. The van der Waals surface area contributed by atoms with Crippen LogP contribution in [0.1, 0.15) is 31.9 Å². The fourth-order valence-electron chi connectivity index (χ4n) is 3.96. The van der Waals surface area contributed by atoms with E-state index in [4.69, 9.17) is 4.74 Å². The second kappa shape index (κ2) is 9.55. The zero-order chi connectivity index (χ0) is 26.3. The lowest BCUT2D eigenvalue weighted by Gasteiger charge is -2.36. The van der Waals surface area contributed by atoms with Crippen LogP contribution in [0.25, 0.3) is 10.1 Å². The van der Waals surface area contributed by atoms with Crippen LogP contribution >= 0.6 is 11.3 Å². The van der Waals surface area contributed by atoms with E-state index in [1.54, 1.807) is 37.9 Å². The van der Waals surface area contributed by atoms with Gasteiger partial charge >= 0.3 is 12.3 Å². The molecule has 0 N–H and O–H groups in total. The van der Waals surface area contributed by atoms with Crippen LogP contribution in [-0.2, 0) is 26.5 Å². The fraction of sp³-hybridized carbons (Fsp3) is 0.417. The van der Waals surface area contributed by atoms with Crippen LogP contribution in [0.3, 0.4) is 0 Å². The molecule has 0 saturated carbocycles. The Kier molecular flexibility index (Phi) is 6.95. The van der Waals surface area contributed by atoms with E-state index < -0.39 is 39.0 Å². The summed E-state index contributed by atoms with van der Waals surface area (Å²) >= 11 is 1.01. The summed E-state index contributed by atoms with van der Waals surface area (Å²) in [7, 11) is -4.04. The maximum Gasteiger partial charge on any atom is 0.416 e. The predicted octanol–water partition coefficient (Wildman–Crippen LogP) is 5.35. The third kappa shape index (κ3) is 5.75. The molecule has 1 fully saturated rings. The highest BCUT2D eigenvalue weighted by molar-refractivity contribution is 7.92. The topological polar surface area (TPSA) is 79.8 Å². The van der Waals surface area contributed by atoms with E-state index in [0.29, 0.717) is 42.1 Å². The first-order valence-corrected chi connectivity index (χ1v) is 13.7. The van der Waals surface area contributed by atoms with Crippen LogP contribution in [-0.4, -0.2) is 56.2 Å². The van der Waals surface area contributed by atoms with Crippen LogP contribution in [0.2, 0.25) is 0 Å². The molecule has 1 aliphatic heterocycles. The molecular formula is C24H26F3N3O4S2. The maximum absolute atomic E-state index is 13.4. The second-order valence-corrected chi connectivity index (χ2v) is 12.8. The average molecular weight is 542 g/mol. The number of carbonyl (C=O) groups is 1. The van der Waals surface area contributed by atoms with Gasteiger partial charge in [0.05, 0.1) is 11.3 Å². The first-order chi connectivity index (χ1) is 16.7. The molecule has 194 valence electrons. The Balaban J connectivity index is 1.56. The van der Waals surface area contributed by atoms with Crippen molar-refractivity contribution in [3.8, 4) is 0 Å². The normalized spacial score (nSPS) is 15.4. The number of alkyl halides is 3. The molecule has 0 radical (unpaired) electrons. The monoisotopic (exact) mass is 541 g/mol. The van der Waals surface area contributed by atoms with E-state index in [2.05, 4.69) is 4.98 Å². The zero-order valence-corrected chi connectivity index (χ0v) is 21.6. The molecular weight excluding hydrogens is 515 g/mol. The number of rotatable bonds is 4. The number of amides is 1. The second-order valence-electron chi connectivity index (χ2n) is 9.48. The van der Waals surface area contributed by atoms with Crippen molar-refractivity contribution in [1.82, 2.24) is 9.88 Å². The van der Waals surface area contributed by atoms with Gasteiger partial charge in [0.2, 0.25) is 0 Å². The molecule has 0 atom stereocenters. The number of carbonyl (C=O) groups excluding carboxylic acids is 1. The Hall–Kier alpha value is -2.86. The molecule has 7 nitrogen and oxygen atoms in total. The summed E-state index contributed by atoms with van der Waals surface area (Å²) < 4.78 is 72.4. The van der Waals surface area contributed by atoms with E-state index in [1.807, 2.05) is 4.90 Å². The van der Waals surface area contributed by atoms with Crippen molar-refractivity contribution >= 4 is 43.2 Å². The number of halogens is 3. The molecule has 3 heterocycles. The number of fused-ring (bicyclic) bond motifs is 1. The van der Waals surface area contributed by atoms with Crippen LogP contribution in [0.5, 0.6) is 0 Å². The standard InChI is InChI=1S/C24H26F3N3O4S2/c1-23(2,3)34-22(31)30-12-10-29(11-13-30)21-17-14-20(35-19(17)8-9-28-21)36(32,33)15-16-6-4-5-7-18(16)24(25,26)27/h4-9,14H,10-13,15H2,1-3H3. The molecule has 36 heavy (non-hydrogen) atoms. The van der Waals surface area contributed by atoms with Gasteiger partial charge in [-0.3, -0.25) is 0 Å². The summed E-state index contributed by atoms with van der Waals surface area (Å²) in [6, 6.07) is 7.86. The van der Waals surface area contributed by atoms with Gasteiger partial charge in [-0.1, -0.05) is 18.2 Å². The Morgan fingerprint density at radius 3 is 2.39 bits per heavy atom. The number of ether oxygens (including phenoxy) is 1. The number of anilines is 1. The molecule has 0 bridgehead atoms. The summed E-state index contributed by atoms with van der Waals surface area (Å²) in [5.74, 6) is -0.183. The number of piperazine rings is 1. The van der Waals surface area contributed by atoms with Crippen molar-refractivity contribution in [3.63, 3.8) is 0 Å². The van der Waals surface area contributed by atoms with Crippen molar-refractivity contribution in [3.05, 3.63) is 53.7 Å². The van der Waals surface area contributed by atoms with E-state index >= 15 is 0 Å². The summed E-state index contributed by atoms with van der Waals surface area (Å²) in [6.45, 7) is 7.18. The molecule has 2 aromatic heterocycles. The van der Waals surface area contributed by atoms with E-state index in [9.17, 15) is 26.4 Å². The highest BCUT2D eigenvalue weighted by Crippen LogP contribution is 2.38. The molecule has 1 saturated heterocycles. The molecule has 1 aliphatic rings. The van der Waals surface area contributed by atoms with Crippen molar-refractivity contribution in [2.45, 2.75) is 42.5 Å². The third-order valence-electron chi connectivity index (χ3n) is 5.61. The number of sulfone groups is 1. The molecule has 3 aromatic rings. The molecule has 0 aliphatic carbocycles. The van der Waals surface area contributed by atoms with E-state index in [0.717, 1.165) is 17.4 Å². The number of thiophene rings is 1. The summed E-state index contributed by atoms with van der Waals surface area (Å²) in [4.78, 5) is 20.4. The van der Waals surface area contributed by atoms with E-state index in [-0.39, 0.29) is 9.77 Å². The lowest BCUT2D eigenvalue weighted by Crippen LogP contribution is -2.50. The van der Waals surface area contributed by atoms with Gasteiger partial charge in [0.15, 0.2) is 9.84 Å². The van der Waals surface area contributed by atoms with Gasteiger partial charge in [-0.15, -0.1) is 11.3 Å². The number of aromatic nitrogens is 1. The zero-order valence-electron chi connectivity index (χ0n) is 20.0. The van der Waals surface area contributed by atoms with Gasteiger partial charge in [0.1, 0.15) is 15.6 Å². The Morgan fingerprint density at radius 2 is 1.75 bits per heavy atom. The molecule has 4 rings (SSSR count). The quantitative estimate of drug-likeness (QED) is 0.443. The highest BCUT2D eigenvalue weighted by Gasteiger charge is 2.35. The molecule has 0 spiro atoms. The van der Waals surface area contributed by atoms with Gasteiger partial charge in [0, 0.05) is 42.5 Å². The fourth-order valence-corrected chi connectivity index (χ4v) is 6.79. The summed E-state index contributed by atoms with van der Waals surface area (Å²) in [5.41, 5.74) is -1.85. The first kappa shape index (κ1) is 26.2. The first-order valence-electron chi connectivity index (χ1n) is 11.2. The van der Waals surface area contributed by atoms with Gasteiger partial charge < -0.3 is 14.5 Å². The van der Waals surface area contributed by atoms with Gasteiger partial charge in [0.25, 0.3) is 0 Å². The lowest BCUT2D eigenvalue weighted by molar-refractivity contribution is -0.138. The van der Waals surface area contributed by atoms with Crippen molar-refractivity contribution in [2.75, 3.05) is 31.1 Å². The van der Waals surface area contributed by atoms with Crippen molar-refractivity contribution in [2.24, 2.45) is 0 Å². The Bertz CT molecular complexity index is 1370. The van der Waals surface area contributed by atoms with Crippen LogP contribution in [0.15, 0.2) is 46.8 Å². The third-order valence-corrected chi connectivity index (χ3v) is 8.94. The number of pyridine rings is 1. The largest absolute Gasteiger partial charge is 0.444 e. The SMILES string of the molecule is CC(C)(C)OC(=O)N1CCN(c2nccc3sc(S(=O)(=O)Cc4ccccc4C(F)(F)F)cc23)CC1. The van der Waals surface area contributed by atoms with Crippen LogP contribution in [0.4, 0.5) is 23.8 Å². The lowest BCUT2D eigenvalue weighted by atomic mass is 10.1. The number of benzene rings is 1. The average Bonchev–Trinajstić information content (AvgIpc) is 3.23.